The van der Waals surface area contributed by atoms with E-state index >= 15 is 0 Å². The fourth-order valence-electron chi connectivity index (χ4n) is 3.87. The summed E-state index contributed by atoms with van der Waals surface area (Å²) in [5.74, 6) is 1.49. The number of hydrogen-bond donors (Lipinski definition) is 0. The summed E-state index contributed by atoms with van der Waals surface area (Å²) in [5, 5.41) is 0. The molecule has 0 bridgehead atoms. The maximum Gasteiger partial charge on any atom is 0.119 e. The Morgan fingerprint density at radius 3 is 2.52 bits per heavy atom. The minimum atomic E-state index is 0.521. The van der Waals surface area contributed by atoms with Crippen molar-refractivity contribution < 1.29 is 4.74 Å². The van der Waals surface area contributed by atoms with E-state index in [9.17, 15) is 0 Å². The highest BCUT2D eigenvalue weighted by atomic mass is 16.5. The number of imidazole rings is 1. The van der Waals surface area contributed by atoms with Gasteiger partial charge in [0.25, 0.3) is 0 Å². The van der Waals surface area contributed by atoms with Crippen LogP contribution >= 0.6 is 0 Å². The first-order valence-electron chi connectivity index (χ1n) is 9.14. The number of aromatic nitrogens is 2. The molecule has 1 aromatic heterocycles. The Balaban J connectivity index is 1.45. The summed E-state index contributed by atoms with van der Waals surface area (Å²) in [4.78, 5) is 4.24. The fraction of sp³-hybridized carbons (Fsp3) is 0.318. The molecule has 1 fully saturated rings. The van der Waals surface area contributed by atoms with Crippen molar-refractivity contribution in [3.63, 3.8) is 0 Å². The number of rotatable bonds is 5. The summed E-state index contributed by atoms with van der Waals surface area (Å²) in [5.41, 5.74) is 2.60. The van der Waals surface area contributed by atoms with E-state index in [0.29, 0.717) is 18.6 Å². The second kappa shape index (κ2) is 7.56. The molecule has 1 aliphatic carbocycles. The maximum atomic E-state index is 5.92. The molecule has 0 aliphatic heterocycles. The third-order valence-electron chi connectivity index (χ3n) is 5.19. The molecule has 3 heteroatoms. The molecule has 3 nitrogen and oxygen atoms in total. The molecule has 0 N–H and O–H groups in total. The van der Waals surface area contributed by atoms with Crippen LogP contribution in [0.2, 0.25) is 0 Å². The average Bonchev–Trinajstić information content (AvgIpc) is 3.22. The van der Waals surface area contributed by atoms with Crippen LogP contribution in [-0.4, -0.2) is 9.55 Å². The predicted molar refractivity (Wildman–Crippen MR) is 99.7 cm³/mol. The van der Waals surface area contributed by atoms with Crippen LogP contribution in [0, 0.1) is 0 Å². The molecule has 0 spiro atoms. The molecule has 3 aromatic rings. The third kappa shape index (κ3) is 3.76. The van der Waals surface area contributed by atoms with E-state index in [1.54, 1.807) is 0 Å². The lowest BCUT2D eigenvalue weighted by Gasteiger charge is -2.33. The molecule has 4 rings (SSSR count). The van der Waals surface area contributed by atoms with Crippen LogP contribution in [0.5, 0.6) is 5.75 Å². The quantitative estimate of drug-likeness (QED) is 0.629. The van der Waals surface area contributed by atoms with Gasteiger partial charge in [0.15, 0.2) is 0 Å². The van der Waals surface area contributed by atoms with Gasteiger partial charge in [0, 0.05) is 24.4 Å². The summed E-state index contributed by atoms with van der Waals surface area (Å²) >= 11 is 0. The number of nitrogens with zero attached hydrogens (tertiary/aromatic N) is 2. The first-order valence-corrected chi connectivity index (χ1v) is 9.14. The van der Waals surface area contributed by atoms with Gasteiger partial charge in [-0.25, -0.2) is 4.98 Å². The van der Waals surface area contributed by atoms with Gasteiger partial charge < -0.3 is 9.30 Å². The summed E-state index contributed by atoms with van der Waals surface area (Å²) in [6.45, 7) is 0.612. The van der Waals surface area contributed by atoms with Gasteiger partial charge in [-0.1, -0.05) is 55.3 Å². The second-order valence-corrected chi connectivity index (χ2v) is 6.81. The van der Waals surface area contributed by atoms with E-state index in [-0.39, 0.29) is 0 Å². The highest BCUT2D eigenvalue weighted by Crippen LogP contribution is 2.41. The Morgan fingerprint density at radius 2 is 1.76 bits per heavy atom. The van der Waals surface area contributed by atoms with E-state index < -0.39 is 0 Å². The molecule has 2 atom stereocenters. The standard InChI is InChI=1S/C22H24N2O/c1-2-6-18(7-3-1)16-25-20-12-10-19(11-13-20)21-8-4-5-9-22(21)24-15-14-23-17-24/h1-3,6-7,10-15,17,21-22H,4-5,8-9,16H2. The Morgan fingerprint density at radius 1 is 0.960 bits per heavy atom. The molecule has 1 aliphatic rings. The maximum absolute atomic E-state index is 5.92. The Labute approximate surface area is 149 Å². The van der Waals surface area contributed by atoms with Crippen LogP contribution < -0.4 is 4.74 Å². The molecule has 1 heterocycles. The van der Waals surface area contributed by atoms with E-state index in [2.05, 4.69) is 52.1 Å². The van der Waals surface area contributed by atoms with Crippen molar-refractivity contribution in [3.05, 3.63) is 84.4 Å². The lowest BCUT2D eigenvalue weighted by Crippen LogP contribution is -2.20. The SMILES string of the molecule is c1ccc(COc2ccc(C3CCCCC3n3ccnc3)cc2)cc1. The van der Waals surface area contributed by atoms with E-state index in [1.165, 1.54) is 36.8 Å². The summed E-state index contributed by atoms with van der Waals surface area (Å²) < 4.78 is 8.20. The van der Waals surface area contributed by atoms with Gasteiger partial charge in [0.2, 0.25) is 0 Å². The number of hydrogen-bond acceptors (Lipinski definition) is 2. The number of ether oxygens (including phenoxy) is 1. The fourth-order valence-corrected chi connectivity index (χ4v) is 3.87. The number of benzene rings is 2. The first kappa shape index (κ1) is 15.9. The molecule has 25 heavy (non-hydrogen) atoms. The molecule has 1 saturated carbocycles. The lowest BCUT2D eigenvalue weighted by molar-refractivity contribution is 0.300. The topological polar surface area (TPSA) is 27.1 Å². The molecule has 2 aromatic carbocycles. The van der Waals surface area contributed by atoms with Gasteiger partial charge in [-0.3, -0.25) is 0 Å². The van der Waals surface area contributed by atoms with Crippen LogP contribution in [0.4, 0.5) is 0 Å². The zero-order valence-corrected chi connectivity index (χ0v) is 14.4. The summed E-state index contributed by atoms with van der Waals surface area (Å²) in [6, 6.07) is 19.5. The van der Waals surface area contributed by atoms with Crippen molar-refractivity contribution >= 4 is 0 Å². The Bertz CT molecular complexity index is 766. The summed E-state index contributed by atoms with van der Waals surface area (Å²) in [6.07, 6.45) is 11.0. The molecule has 2 unspecified atom stereocenters. The van der Waals surface area contributed by atoms with Gasteiger partial charge >= 0.3 is 0 Å². The summed E-state index contributed by atoms with van der Waals surface area (Å²) in [7, 11) is 0. The van der Waals surface area contributed by atoms with Crippen molar-refractivity contribution in [2.24, 2.45) is 0 Å². The average molecular weight is 332 g/mol. The molecule has 0 saturated heterocycles. The zero-order valence-electron chi connectivity index (χ0n) is 14.4. The monoisotopic (exact) mass is 332 g/mol. The van der Waals surface area contributed by atoms with Crippen molar-refractivity contribution in [1.29, 1.82) is 0 Å². The normalized spacial score (nSPS) is 20.3. The van der Waals surface area contributed by atoms with Crippen LogP contribution in [0.3, 0.4) is 0 Å². The van der Waals surface area contributed by atoms with Gasteiger partial charge in [-0.05, 0) is 36.1 Å². The van der Waals surface area contributed by atoms with Gasteiger partial charge in [-0.15, -0.1) is 0 Å². The van der Waals surface area contributed by atoms with E-state index in [4.69, 9.17) is 4.74 Å². The largest absolute Gasteiger partial charge is 0.489 e. The highest BCUT2D eigenvalue weighted by molar-refractivity contribution is 5.31. The Hall–Kier alpha value is -2.55. The molecular formula is C22H24N2O. The van der Waals surface area contributed by atoms with Crippen LogP contribution in [0.1, 0.15) is 48.8 Å². The van der Waals surface area contributed by atoms with Gasteiger partial charge in [0.05, 0.1) is 6.33 Å². The molecule has 128 valence electrons. The van der Waals surface area contributed by atoms with Crippen molar-refractivity contribution in [2.75, 3.05) is 0 Å². The minimum absolute atomic E-state index is 0.521. The predicted octanol–water partition coefficient (Wildman–Crippen LogP) is 5.36. The van der Waals surface area contributed by atoms with E-state index in [0.717, 1.165) is 5.75 Å². The zero-order chi connectivity index (χ0) is 16.9. The van der Waals surface area contributed by atoms with Gasteiger partial charge in [-0.2, -0.15) is 0 Å². The van der Waals surface area contributed by atoms with Crippen molar-refractivity contribution in [1.82, 2.24) is 9.55 Å². The first-order chi connectivity index (χ1) is 12.4. The Kier molecular flexibility index (Phi) is 4.82. The third-order valence-corrected chi connectivity index (χ3v) is 5.19. The van der Waals surface area contributed by atoms with Crippen LogP contribution in [0.25, 0.3) is 0 Å². The van der Waals surface area contributed by atoms with Crippen molar-refractivity contribution in [3.8, 4) is 5.75 Å². The van der Waals surface area contributed by atoms with Gasteiger partial charge in [0.1, 0.15) is 12.4 Å². The smallest absolute Gasteiger partial charge is 0.119 e. The second-order valence-electron chi connectivity index (χ2n) is 6.81. The highest BCUT2D eigenvalue weighted by Gasteiger charge is 2.27. The van der Waals surface area contributed by atoms with Crippen LogP contribution in [-0.2, 0) is 6.61 Å². The lowest BCUT2D eigenvalue weighted by atomic mass is 9.80. The molecule has 0 amide bonds. The van der Waals surface area contributed by atoms with Crippen LogP contribution in [0.15, 0.2) is 73.3 Å². The molecular weight excluding hydrogens is 308 g/mol. The minimum Gasteiger partial charge on any atom is -0.489 e. The molecule has 0 radical (unpaired) electrons. The van der Waals surface area contributed by atoms with Crippen molar-refractivity contribution in [2.45, 2.75) is 44.2 Å². The van der Waals surface area contributed by atoms with E-state index in [1.807, 2.05) is 30.7 Å².